The van der Waals surface area contributed by atoms with Gasteiger partial charge in [-0.25, -0.2) is 0 Å². The summed E-state index contributed by atoms with van der Waals surface area (Å²) in [7, 11) is 0. The summed E-state index contributed by atoms with van der Waals surface area (Å²) in [6.07, 6.45) is 1.37. The molecule has 0 bridgehead atoms. The number of benzene rings is 4. The van der Waals surface area contributed by atoms with Crippen LogP contribution in [0.15, 0.2) is 113 Å². The first-order valence-electron chi connectivity index (χ1n) is 12.6. The van der Waals surface area contributed by atoms with Gasteiger partial charge < -0.3 is 29.9 Å². The fraction of sp³-hybridized carbons (Fsp3) is 0.125. The average molecular weight is 730 g/mol. The topological polar surface area (TPSA) is 158 Å². The van der Waals surface area contributed by atoms with E-state index in [0.717, 1.165) is 25.0 Å². The molecule has 43 heavy (non-hydrogen) atoms. The van der Waals surface area contributed by atoms with Gasteiger partial charge in [-0.2, -0.15) is 5.10 Å². The molecule has 11 heteroatoms. The predicted molar refractivity (Wildman–Crippen MR) is 159 cm³/mol. The average Bonchev–Trinajstić information content (AvgIpc) is 2.96. The minimum absolute atomic E-state index is 0. The van der Waals surface area contributed by atoms with Gasteiger partial charge in [0.25, 0.3) is 11.9 Å². The van der Waals surface area contributed by atoms with E-state index >= 15 is 0 Å². The van der Waals surface area contributed by atoms with E-state index in [1.54, 1.807) is 42.5 Å². The molecule has 4 aromatic carbocycles. The van der Waals surface area contributed by atoms with Crippen molar-refractivity contribution in [2.45, 2.75) is 27.1 Å². The van der Waals surface area contributed by atoms with Crippen LogP contribution in [-0.4, -0.2) is 44.5 Å². The third kappa shape index (κ3) is 16.0. The first kappa shape index (κ1) is 36.7. The zero-order valence-electron chi connectivity index (χ0n) is 23.5. The van der Waals surface area contributed by atoms with Crippen LogP contribution in [-0.2, 0) is 22.8 Å². The van der Waals surface area contributed by atoms with E-state index in [1.165, 1.54) is 6.21 Å². The van der Waals surface area contributed by atoms with Crippen LogP contribution < -0.4 is 9.47 Å². The SMILES string of the molecule is CC(=O)O.CC(=O)O.O/C(=N/N=C/c1ccccc1O)c1cc(OCc2ccccc2)cc(OCc2ccccc2)c1.[Gd]. The zero-order valence-corrected chi connectivity index (χ0v) is 25.7. The molecular weight excluding hydrogens is 698 g/mol. The molecule has 4 N–H and O–H groups in total. The van der Waals surface area contributed by atoms with Crippen LogP contribution in [0.3, 0.4) is 0 Å². The third-order valence-electron chi connectivity index (χ3n) is 4.92. The Balaban J connectivity index is 0.000000917. The Kier molecular flexibility index (Phi) is 17.5. The number of phenolic OH excluding ortho intramolecular Hbond substituents is 1. The Labute approximate surface area is 281 Å². The van der Waals surface area contributed by atoms with Crippen molar-refractivity contribution in [3.8, 4) is 17.2 Å². The number of hydrogen-bond acceptors (Lipinski definition) is 7. The number of aliphatic hydroxyl groups excluding tert-OH is 1. The maximum absolute atomic E-state index is 10.5. The Hall–Kier alpha value is -4.32. The van der Waals surface area contributed by atoms with Crippen LogP contribution in [0.4, 0.5) is 0 Å². The maximum Gasteiger partial charge on any atom is 0.300 e. The Bertz CT molecular complexity index is 1400. The van der Waals surface area contributed by atoms with Crippen molar-refractivity contribution in [3.63, 3.8) is 0 Å². The summed E-state index contributed by atoms with van der Waals surface area (Å²) >= 11 is 0. The second-order valence-corrected chi connectivity index (χ2v) is 8.51. The summed E-state index contributed by atoms with van der Waals surface area (Å²) in [5.74, 6) is -0.845. The molecule has 0 fully saturated rings. The maximum atomic E-state index is 10.5. The summed E-state index contributed by atoms with van der Waals surface area (Å²) in [5, 5.41) is 43.0. The van der Waals surface area contributed by atoms with Crippen molar-refractivity contribution < 1.29 is 79.4 Å². The minimum atomic E-state index is -0.833. The van der Waals surface area contributed by atoms with Crippen molar-refractivity contribution in [3.05, 3.63) is 125 Å². The van der Waals surface area contributed by atoms with E-state index in [0.29, 0.717) is 35.8 Å². The van der Waals surface area contributed by atoms with Crippen LogP contribution >= 0.6 is 0 Å². The molecule has 0 unspecified atom stereocenters. The molecule has 226 valence electrons. The number of aliphatic carboxylic acids is 2. The molecule has 0 atom stereocenters. The number of nitrogens with zero attached hydrogens (tertiary/aromatic N) is 2. The summed E-state index contributed by atoms with van der Waals surface area (Å²) in [6, 6.07) is 31.4. The van der Waals surface area contributed by atoms with E-state index in [-0.39, 0.29) is 51.6 Å². The standard InChI is InChI=1S/C28H24N2O4.2C2H4O2.Gd/c31-27-14-8-7-13-23(27)18-29-30-28(32)24-15-25(33-19-21-9-3-1-4-10-21)17-26(16-24)34-20-22-11-5-2-6-12-22;2*1-2(3)4;/h1-18,31H,19-20H2,(H,30,32);2*1H3,(H,3,4);/b29-18+;;;. The number of carboxylic acids is 2. The van der Waals surface area contributed by atoms with Crippen molar-refractivity contribution in [2.75, 3.05) is 0 Å². The summed E-state index contributed by atoms with van der Waals surface area (Å²) in [5.41, 5.74) is 2.92. The molecule has 0 amide bonds. The Morgan fingerprint density at radius 1 is 0.698 bits per heavy atom. The van der Waals surface area contributed by atoms with Crippen LogP contribution in [0.2, 0.25) is 0 Å². The molecule has 10 nitrogen and oxygen atoms in total. The van der Waals surface area contributed by atoms with Crippen LogP contribution in [0, 0.1) is 39.9 Å². The van der Waals surface area contributed by atoms with Gasteiger partial charge in [-0.05, 0) is 35.4 Å². The fourth-order valence-electron chi connectivity index (χ4n) is 3.15. The number of hydrogen-bond donors (Lipinski definition) is 4. The van der Waals surface area contributed by atoms with Crippen molar-refractivity contribution in [1.82, 2.24) is 0 Å². The number of ether oxygens (including phenoxy) is 2. The van der Waals surface area contributed by atoms with Crippen molar-refractivity contribution in [1.29, 1.82) is 0 Å². The molecule has 0 aromatic heterocycles. The molecule has 0 aliphatic carbocycles. The van der Waals surface area contributed by atoms with Gasteiger partial charge >= 0.3 is 0 Å². The van der Waals surface area contributed by atoms with Gasteiger partial charge in [-0.3, -0.25) is 9.59 Å². The Morgan fingerprint density at radius 3 is 1.56 bits per heavy atom. The number of aliphatic hydroxyl groups is 1. The molecule has 0 radical (unpaired) electrons. The van der Waals surface area contributed by atoms with Crippen LogP contribution in [0.25, 0.3) is 0 Å². The minimum Gasteiger partial charge on any atom is -0.507 e. The predicted octanol–water partition coefficient (Wildman–Crippen LogP) is 6.07. The molecule has 0 aliphatic heterocycles. The van der Waals surface area contributed by atoms with Crippen LogP contribution in [0.1, 0.15) is 36.1 Å². The second kappa shape index (κ2) is 20.5. The van der Waals surface area contributed by atoms with Gasteiger partial charge in [-0.15, -0.1) is 5.10 Å². The molecule has 0 aliphatic rings. The molecule has 4 rings (SSSR count). The smallest absolute Gasteiger partial charge is 0.300 e. The van der Waals surface area contributed by atoms with Crippen molar-refractivity contribution >= 4 is 24.1 Å². The number of carboxylic acid groups (broad SMARTS) is 2. The molecule has 0 saturated heterocycles. The van der Waals surface area contributed by atoms with Gasteiger partial charge in [0.15, 0.2) is 0 Å². The largest absolute Gasteiger partial charge is 0.507 e. The number of para-hydroxylation sites is 1. The summed E-state index contributed by atoms with van der Waals surface area (Å²) in [6.45, 7) is 2.90. The summed E-state index contributed by atoms with van der Waals surface area (Å²) in [4.78, 5) is 18.0. The number of carbonyl (C=O) groups is 2. The first-order chi connectivity index (χ1) is 20.1. The van der Waals surface area contributed by atoms with Gasteiger partial charge in [-0.1, -0.05) is 72.8 Å². The number of rotatable bonds is 9. The fourth-order valence-corrected chi connectivity index (χ4v) is 3.15. The van der Waals surface area contributed by atoms with Gasteiger partial charge in [0.2, 0.25) is 5.90 Å². The van der Waals surface area contributed by atoms with Crippen LogP contribution in [0.5, 0.6) is 17.2 Å². The molecule has 0 saturated carbocycles. The quantitative estimate of drug-likeness (QED) is 0.0919. The van der Waals surface area contributed by atoms with Gasteiger partial charge in [0.05, 0.1) is 6.21 Å². The van der Waals surface area contributed by atoms with E-state index in [9.17, 15) is 10.2 Å². The molecular formula is C32H32GdN2O8. The van der Waals surface area contributed by atoms with Gasteiger partial charge in [0.1, 0.15) is 30.5 Å². The van der Waals surface area contributed by atoms with E-state index < -0.39 is 11.9 Å². The third-order valence-corrected chi connectivity index (χ3v) is 4.92. The Morgan fingerprint density at radius 2 is 1.12 bits per heavy atom. The van der Waals surface area contributed by atoms with E-state index in [2.05, 4.69) is 10.2 Å². The summed E-state index contributed by atoms with van der Waals surface area (Å²) < 4.78 is 11.9. The number of aromatic hydroxyl groups is 1. The second-order valence-electron chi connectivity index (χ2n) is 8.51. The molecule has 4 aromatic rings. The first-order valence-corrected chi connectivity index (χ1v) is 12.6. The zero-order chi connectivity index (χ0) is 30.7. The number of phenols is 1. The normalized spacial score (nSPS) is 10.2. The molecule has 0 spiro atoms. The monoisotopic (exact) mass is 730 g/mol. The van der Waals surface area contributed by atoms with E-state index in [1.807, 2.05) is 60.7 Å². The van der Waals surface area contributed by atoms with E-state index in [4.69, 9.17) is 29.3 Å². The van der Waals surface area contributed by atoms with Crippen molar-refractivity contribution in [2.24, 2.45) is 10.2 Å². The van der Waals surface area contributed by atoms with Gasteiger partial charge in [0, 0.05) is 71.0 Å². The molecule has 0 heterocycles.